The third-order valence-corrected chi connectivity index (χ3v) is 6.22. The zero-order valence-electron chi connectivity index (χ0n) is 13.6. The molecule has 3 fully saturated rings. The second-order valence-electron chi connectivity index (χ2n) is 7.59. The minimum atomic E-state index is 0.799. The molecule has 4 unspecified atom stereocenters. The Labute approximate surface area is 125 Å². The number of nitrogens with zero attached hydrogens (tertiary/aromatic N) is 1. The first-order chi connectivity index (χ1) is 9.79. The smallest absolute Gasteiger partial charge is 0.0127 e. The first-order valence-corrected chi connectivity index (χ1v) is 9.30. The van der Waals surface area contributed by atoms with E-state index in [4.69, 9.17) is 0 Å². The first-order valence-electron chi connectivity index (χ1n) is 9.30. The Balaban J connectivity index is 1.72. The van der Waals surface area contributed by atoms with E-state index >= 15 is 0 Å². The fraction of sp³-hybridized carbons (Fsp3) is 1.00. The van der Waals surface area contributed by atoms with E-state index in [1.54, 1.807) is 0 Å². The maximum absolute atomic E-state index is 3.73. The third-order valence-electron chi connectivity index (χ3n) is 6.22. The molecule has 0 aromatic carbocycles. The van der Waals surface area contributed by atoms with Crippen molar-refractivity contribution in [2.45, 2.75) is 102 Å². The molecule has 1 aliphatic carbocycles. The van der Waals surface area contributed by atoms with Crippen LogP contribution < -0.4 is 5.32 Å². The van der Waals surface area contributed by atoms with Gasteiger partial charge in [-0.05, 0) is 51.0 Å². The zero-order valence-corrected chi connectivity index (χ0v) is 13.6. The van der Waals surface area contributed by atoms with Crippen LogP contribution in [0.15, 0.2) is 0 Å². The van der Waals surface area contributed by atoms with Crippen LogP contribution in [-0.4, -0.2) is 35.6 Å². The van der Waals surface area contributed by atoms with Gasteiger partial charge in [0, 0.05) is 24.2 Å². The van der Waals surface area contributed by atoms with Crippen molar-refractivity contribution >= 4 is 0 Å². The van der Waals surface area contributed by atoms with Crippen molar-refractivity contribution in [1.29, 1.82) is 0 Å². The van der Waals surface area contributed by atoms with Crippen LogP contribution in [0, 0.1) is 5.92 Å². The van der Waals surface area contributed by atoms with E-state index in [0.29, 0.717) is 0 Å². The first kappa shape index (κ1) is 14.8. The van der Waals surface area contributed by atoms with Crippen LogP contribution in [0.1, 0.15) is 78.1 Å². The minimum absolute atomic E-state index is 0.799. The quantitative estimate of drug-likeness (QED) is 0.786. The average molecular weight is 278 g/mol. The summed E-state index contributed by atoms with van der Waals surface area (Å²) in [6, 6.07) is 3.47. The van der Waals surface area contributed by atoms with Crippen molar-refractivity contribution in [3.8, 4) is 0 Å². The molecule has 0 amide bonds. The van der Waals surface area contributed by atoms with Gasteiger partial charge in [-0.15, -0.1) is 0 Å². The summed E-state index contributed by atoms with van der Waals surface area (Å²) in [7, 11) is 0. The van der Waals surface area contributed by atoms with Gasteiger partial charge in [-0.2, -0.15) is 0 Å². The van der Waals surface area contributed by atoms with Gasteiger partial charge in [-0.25, -0.2) is 0 Å². The molecule has 0 radical (unpaired) electrons. The standard InChI is InChI=1S/C18H34N2/c1-3-19-15-12-16-9-7-10-17(13-15)20(16)18-11-6-4-5-8-14(18)2/h14-19H,3-13H2,1-2H3. The van der Waals surface area contributed by atoms with E-state index in [1.807, 2.05) is 0 Å². The largest absolute Gasteiger partial charge is 0.314 e. The molecule has 2 bridgehead atoms. The van der Waals surface area contributed by atoms with E-state index in [9.17, 15) is 0 Å². The van der Waals surface area contributed by atoms with Crippen LogP contribution >= 0.6 is 0 Å². The lowest BCUT2D eigenvalue weighted by atomic mass is 9.78. The highest BCUT2D eigenvalue weighted by molar-refractivity contribution is 4.99. The Morgan fingerprint density at radius 1 is 0.900 bits per heavy atom. The molecule has 4 atom stereocenters. The van der Waals surface area contributed by atoms with Crippen LogP contribution in [0.25, 0.3) is 0 Å². The van der Waals surface area contributed by atoms with Crippen molar-refractivity contribution < 1.29 is 0 Å². The van der Waals surface area contributed by atoms with Crippen LogP contribution in [0.4, 0.5) is 0 Å². The number of nitrogens with one attached hydrogen (secondary N) is 1. The molecule has 2 heteroatoms. The highest BCUT2D eigenvalue weighted by atomic mass is 15.2. The molecule has 0 aromatic rings. The molecule has 2 heterocycles. The highest BCUT2D eigenvalue weighted by Gasteiger charge is 2.42. The lowest BCUT2D eigenvalue weighted by Gasteiger charge is -2.53. The van der Waals surface area contributed by atoms with Crippen molar-refractivity contribution in [2.24, 2.45) is 5.92 Å². The van der Waals surface area contributed by atoms with Gasteiger partial charge in [-0.3, -0.25) is 4.90 Å². The normalized spacial score (nSPS) is 43.2. The summed E-state index contributed by atoms with van der Waals surface area (Å²) in [5, 5.41) is 3.73. The number of hydrogen-bond acceptors (Lipinski definition) is 2. The summed E-state index contributed by atoms with van der Waals surface area (Å²) in [6.45, 7) is 5.93. The van der Waals surface area contributed by atoms with E-state index in [-0.39, 0.29) is 0 Å². The van der Waals surface area contributed by atoms with Gasteiger partial charge >= 0.3 is 0 Å². The molecular formula is C18H34N2. The Morgan fingerprint density at radius 2 is 1.60 bits per heavy atom. The summed E-state index contributed by atoms with van der Waals surface area (Å²) in [6.07, 6.45) is 14.6. The monoisotopic (exact) mass is 278 g/mol. The number of hydrogen-bond donors (Lipinski definition) is 1. The molecule has 2 aliphatic heterocycles. The molecule has 0 aromatic heterocycles. The molecule has 2 saturated heterocycles. The molecule has 20 heavy (non-hydrogen) atoms. The van der Waals surface area contributed by atoms with Crippen molar-refractivity contribution in [1.82, 2.24) is 10.2 Å². The summed E-state index contributed by atoms with van der Waals surface area (Å²) < 4.78 is 0. The summed E-state index contributed by atoms with van der Waals surface area (Å²) in [5.41, 5.74) is 0. The number of fused-ring (bicyclic) bond motifs is 2. The van der Waals surface area contributed by atoms with Gasteiger partial charge in [0.25, 0.3) is 0 Å². The van der Waals surface area contributed by atoms with E-state index in [2.05, 4.69) is 24.1 Å². The van der Waals surface area contributed by atoms with Gasteiger partial charge in [0.1, 0.15) is 0 Å². The number of rotatable bonds is 3. The fourth-order valence-corrected chi connectivity index (χ4v) is 5.33. The SMILES string of the molecule is CCNC1CC2CCCC(C1)N2C1CCCCCC1C. The van der Waals surface area contributed by atoms with Gasteiger partial charge < -0.3 is 5.32 Å². The molecule has 3 aliphatic rings. The van der Waals surface area contributed by atoms with Crippen molar-refractivity contribution in [2.75, 3.05) is 6.54 Å². The van der Waals surface area contributed by atoms with E-state index in [0.717, 1.165) is 36.6 Å². The molecule has 1 N–H and O–H groups in total. The predicted molar refractivity (Wildman–Crippen MR) is 86.0 cm³/mol. The maximum Gasteiger partial charge on any atom is 0.0127 e. The molecule has 3 rings (SSSR count). The molecule has 116 valence electrons. The topological polar surface area (TPSA) is 15.3 Å². The Morgan fingerprint density at radius 3 is 2.30 bits per heavy atom. The zero-order chi connectivity index (χ0) is 13.9. The predicted octanol–water partition coefficient (Wildman–Crippen LogP) is 3.95. The Hall–Kier alpha value is -0.0800. The fourth-order valence-electron chi connectivity index (χ4n) is 5.33. The summed E-state index contributed by atoms with van der Waals surface area (Å²) in [4.78, 5) is 3.02. The molecular weight excluding hydrogens is 244 g/mol. The van der Waals surface area contributed by atoms with Gasteiger partial charge in [0.2, 0.25) is 0 Å². The Bertz CT molecular complexity index is 290. The van der Waals surface area contributed by atoms with Gasteiger partial charge in [0.15, 0.2) is 0 Å². The molecule has 2 nitrogen and oxygen atoms in total. The third kappa shape index (κ3) is 3.06. The van der Waals surface area contributed by atoms with E-state index < -0.39 is 0 Å². The van der Waals surface area contributed by atoms with Crippen LogP contribution in [0.5, 0.6) is 0 Å². The second kappa shape index (κ2) is 6.79. The second-order valence-corrected chi connectivity index (χ2v) is 7.59. The van der Waals surface area contributed by atoms with Crippen LogP contribution in [-0.2, 0) is 0 Å². The van der Waals surface area contributed by atoms with Crippen LogP contribution in [0.3, 0.4) is 0 Å². The molecule has 0 spiro atoms. The summed E-state index contributed by atoms with van der Waals surface area (Å²) in [5.74, 6) is 0.927. The van der Waals surface area contributed by atoms with Crippen LogP contribution in [0.2, 0.25) is 0 Å². The Kier molecular flexibility index (Phi) is 5.04. The van der Waals surface area contributed by atoms with Gasteiger partial charge in [0.05, 0.1) is 0 Å². The maximum atomic E-state index is 3.73. The summed E-state index contributed by atoms with van der Waals surface area (Å²) >= 11 is 0. The van der Waals surface area contributed by atoms with Crippen molar-refractivity contribution in [3.63, 3.8) is 0 Å². The average Bonchev–Trinajstić information content (AvgIpc) is 2.63. The van der Waals surface area contributed by atoms with Crippen molar-refractivity contribution in [3.05, 3.63) is 0 Å². The number of piperidine rings is 2. The van der Waals surface area contributed by atoms with E-state index in [1.165, 1.54) is 64.2 Å². The molecule has 1 saturated carbocycles. The lowest BCUT2D eigenvalue weighted by molar-refractivity contribution is -0.0297. The van der Waals surface area contributed by atoms with Gasteiger partial charge in [-0.1, -0.05) is 39.5 Å². The minimum Gasteiger partial charge on any atom is -0.314 e. The lowest BCUT2D eigenvalue weighted by Crippen LogP contribution is -2.60. The highest BCUT2D eigenvalue weighted by Crippen LogP contribution is 2.40.